The van der Waals surface area contributed by atoms with Crippen molar-refractivity contribution in [3.05, 3.63) is 0 Å². The van der Waals surface area contributed by atoms with E-state index in [1.807, 2.05) is 13.8 Å². The summed E-state index contributed by atoms with van der Waals surface area (Å²) in [7, 11) is 0. The van der Waals surface area contributed by atoms with Gasteiger partial charge in [0, 0.05) is 32.1 Å². The molecule has 2 atom stereocenters. The zero-order valence-corrected chi connectivity index (χ0v) is 10.8. The van der Waals surface area contributed by atoms with E-state index in [2.05, 4.69) is 10.6 Å². The Morgan fingerprint density at radius 1 is 1.31 bits per heavy atom. The molecule has 16 heavy (non-hydrogen) atoms. The van der Waals surface area contributed by atoms with Crippen molar-refractivity contribution in [1.82, 2.24) is 15.5 Å². The van der Waals surface area contributed by atoms with Gasteiger partial charge in [0.05, 0.1) is 6.54 Å². The van der Waals surface area contributed by atoms with Crippen LogP contribution in [0.25, 0.3) is 0 Å². The van der Waals surface area contributed by atoms with Gasteiger partial charge in [-0.05, 0) is 13.8 Å². The predicted octanol–water partition coefficient (Wildman–Crippen LogP) is -0.247. The highest BCUT2D eigenvalue weighted by atomic mass is 35.5. The molecular formula is C10H20ClN3O2. The fourth-order valence-electron chi connectivity index (χ4n) is 1.84. The third kappa shape index (κ3) is 4.81. The Kier molecular flexibility index (Phi) is 6.36. The average molecular weight is 250 g/mol. The maximum absolute atomic E-state index is 11.7. The zero-order chi connectivity index (χ0) is 11.4. The first-order chi connectivity index (χ1) is 6.99. The smallest absolute Gasteiger partial charge is 0.242 e. The van der Waals surface area contributed by atoms with E-state index in [0.29, 0.717) is 25.2 Å². The quantitative estimate of drug-likeness (QED) is 0.710. The molecule has 1 aliphatic rings. The molecule has 1 aliphatic heterocycles. The van der Waals surface area contributed by atoms with E-state index in [9.17, 15) is 9.59 Å². The number of amides is 2. The first kappa shape index (κ1) is 15.2. The van der Waals surface area contributed by atoms with Crippen molar-refractivity contribution in [1.29, 1.82) is 0 Å². The topological polar surface area (TPSA) is 61.4 Å². The highest BCUT2D eigenvalue weighted by Crippen LogP contribution is 2.03. The molecule has 2 amide bonds. The Bertz CT molecular complexity index is 250. The Morgan fingerprint density at radius 3 is 2.25 bits per heavy atom. The van der Waals surface area contributed by atoms with Crippen molar-refractivity contribution in [2.24, 2.45) is 0 Å². The molecule has 1 rings (SSSR count). The molecule has 0 saturated carbocycles. The van der Waals surface area contributed by atoms with Crippen LogP contribution in [-0.2, 0) is 9.59 Å². The highest BCUT2D eigenvalue weighted by molar-refractivity contribution is 5.85. The van der Waals surface area contributed by atoms with E-state index in [-0.39, 0.29) is 30.8 Å². The van der Waals surface area contributed by atoms with Crippen LogP contribution in [0.15, 0.2) is 0 Å². The number of hydrogen-bond acceptors (Lipinski definition) is 3. The summed E-state index contributed by atoms with van der Waals surface area (Å²) in [5.74, 6) is -0.176. The zero-order valence-electron chi connectivity index (χ0n) is 9.95. The van der Waals surface area contributed by atoms with Gasteiger partial charge in [-0.25, -0.2) is 0 Å². The third-order valence-electron chi connectivity index (χ3n) is 2.40. The lowest BCUT2D eigenvalue weighted by Crippen LogP contribution is -2.57. The molecule has 2 N–H and O–H groups in total. The lowest BCUT2D eigenvalue weighted by atomic mass is 10.1. The van der Waals surface area contributed by atoms with Gasteiger partial charge in [0.25, 0.3) is 0 Å². The molecule has 0 aromatic carbocycles. The number of carbonyl (C=O) groups is 2. The molecule has 94 valence electrons. The lowest BCUT2D eigenvalue weighted by molar-refractivity contribution is -0.133. The Morgan fingerprint density at radius 2 is 1.81 bits per heavy atom. The second-order valence-corrected chi connectivity index (χ2v) is 4.18. The normalized spacial score (nSPS) is 24.6. The van der Waals surface area contributed by atoms with E-state index in [1.54, 1.807) is 4.90 Å². The molecule has 0 aliphatic carbocycles. The van der Waals surface area contributed by atoms with Crippen molar-refractivity contribution in [3.8, 4) is 0 Å². The maximum atomic E-state index is 11.7. The van der Waals surface area contributed by atoms with Crippen LogP contribution >= 0.6 is 12.4 Å². The molecular weight excluding hydrogens is 230 g/mol. The molecule has 0 bridgehead atoms. The summed E-state index contributed by atoms with van der Waals surface area (Å²) in [6.45, 7) is 7.04. The average Bonchev–Trinajstić information content (AvgIpc) is 2.12. The molecule has 0 radical (unpaired) electrons. The monoisotopic (exact) mass is 249 g/mol. The number of carbonyl (C=O) groups excluding carboxylic acids is 2. The third-order valence-corrected chi connectivity index (χ3v) is 2.40. The predicted molar refractivity (Wildman–Crippen MR) is 64.6 cm³/mol. The maximum Gasteiger partial charge on any atom is 0.242 e. The molecule has 5 nitrogen and oxygen atoms in total. The van der Waals surface area contributed by atoms with Crippen LogP contribution in [0.2, 0.25) is 0 Å². The summed E-state index contributed by atoms with van der Waals surface area (Å²) < 4.78 is 0. The summed E-state index contributed by atoms with van der Waals surface area (Å²) in [4.78, 5) is 24.1. The number of halogens is 1. The van der Waals surface area contributed by atoms with Crippen LogP contribution in [0.1, 0.15) is 20.8 Å². The molecule has 1 fully saturated rings. The van der Waals surface area contributed by atoms with Gasteiger partial charge in [0.2, 0.25) is 11.8 Å². The van der Waals surface area contributed by atoms with Gasteiger partial charge >= 0.3 is 0 Å². The van der Waals surface area contributed by atoms with E-state index >= 15 is 0 Å². The minimum atomic E-state index is -0.167. The van der Waals surface area contributed by atoms with Gasteiger partial charge in [0.1, 0.15) is 0 Å². The Hall–Kier alpha value is -0.810. The molecule has 6 heteroatoms. The van der Waals surface area contributed by atoms with Crippen molar-refractivity contribution in [2.45, 2.75) is 32.9 Å². The minimum absolute atomic E-state index is 0. The van der Waals surface area contributed by atoms with Crippen LogP contribution < -0.4 is 10.6 Å². The molecule has 0 aromatic rings. The summed E-state index contributed by atoms with van der Waals surface area (Å²) in [5, 5.41) is 5.87. The fourth-order valence-corrected chi connectivity index (χ4v) is 1.84. The second-order valence-electron chi connectivity index (χ2n) is 4.18. The number of rotatable bonds is 2. The summed E-state index contributed by atoms with van der Waals surface area (Å²) in [5.41, 5.74) is 0. The fraction of sp³-hybridized carbons (Fsp3) is 0.800. The summed E-state index contributed by atoms with van der Waals surface area (Å²) in [6.07, 6.45) is 0. The molecule has 1 saturated heterocycles. The van der Waals surface area contributed by atoms with Crippen molar-refractivity contribution >= 4 is 24.2 Å². The molecule has 0 spiro atoms. The number of nitrogens with one attached hydrogen (secondary N) is 2. The summed E-state index contributed by atoms with van der Waals surface area (Å²) in [6, 6.07) is 0.630. The second kappa shape index (κ2) is 6.70. The van der Waals surface area contributed by atoms with E-state index < -0.39 is 0 Å². The van der Waals surface area contributed by atoms with Gasteiger partial charge < -0.3 is 15.5 Å². The number of piperazine rings is 1. The Balaban J connectivity index is 0.00000225. The molecule has 2 unspecified atom stereocenters. The van der Waals surface area contributed by atoms with Crippen LogP contribution in [-0.4, -0.2) is 48.4 Å². The van der Waals surface area contributed by atoms with E-state index in [1.165, 1.54) is 6.92 Å². The van der Waals surface area contributed by atoms with Crippen LogP contribution in [0.4, 0.5) is 0 Å². The van der Waals surface area contributed by atoms with Gasteiger partial charge in [0.15, 0.2) is 0 Å². The van der Waals surface area contributed by atoms with Gasteiger partial charge in [-0.2, -0.15) is 0 Å². The van der Waals surface area contributed by atoms with Crippen LogP contribution in [0.3, 0.4) is 0 Å². The van der Waals surface area contributed by atoms with Crippen molar-refractivity contribution < 1.29 is 9.59 Å². The number of hydrogen-bond donors (Lipinski definition) is 2. The standard InChI is InChI=1S/C10H19N3O2.ClH/c1-7-5-13(6-8(2)12-7)10(15)4-11-9(3)14;/h7-8,12H,4-6H2,1-3H3,(H,11,14);1H. The largest absolute Gasteiger partial charge is 0.347 e. The molecule has 1 heterocycles. The van der Waals surface area contributed by atoms with Gasteiger partial charge in [-0.15, -0.1) is 12.4 Å². The van der Waals surface area contributed by atoms with Gasteiger partial charge in [-0.1, -0.05) is 0 Å². The van der Waals surface area contributed by atoms with E-state index in [4.69, 9.17) is 0 Å². The molecule has 0 aromatic heterocycles. The first-order valence-electron chi connectivity index (χ1n) is 5.27. The lowest BCUT2D eigenvalue weighted by Gasteiger charge is -2.36. The van der Waals surface area contributed by atoms with Crippen molar-refractivity contribution in [2.75, 3.05) is 19.6 Å². The Labute approximate surface area is 102 Å². The highest BCUT2D eigenvalue weighted by Gasteiger charge is 2.24. The van der Waals surface area contributed by atoms with Gasteiger partial charge in [-0.3, -0.25) is 9.59 Å². The van der Waals surface area contributed by atoms with E-state index in [0.717, 1.165) is 0 Å². The van der Waals surface area contributed by atoms with Crippen molar-refractivity contribution in [3.63, 3.8) is 0 Å². The summed E-state index contributed by atoms with van der Waals surface area (Å²) >= 11 is 0. The number of nitrogens with zero attached hydrogens (tertiary/aromatic N) is 1. The van der Waals surface area contributed by atoms with Crippen LogP contribution in [0.5, 0.6) is 0 Å². The first-order valence-corrected chi connectivity index (χ1v) is 5.27. The SMILES string of the molecule is CC(=O)NCC(=O)N1CC(C)NC(C)C1.Cl. The van der Waals surface area contributed by atoms with Crippen LogP contribution in [0, 0.1) is 0 Å². The minimum Gasteiger partial charge on any atom is -0.347 e.